The van der Waals surface area contributed by atoms with E-state index in [1.54, 1.807) is 18.1 Å². The maximum atomic E-state index is 6.46. The zero-order valence-corrected chi connectivity index (χ0v) is 16.2. The van der Waals surface area contributed by atoms with Crippen molar-refractivity contribution in [2.45, 2.75) is 54.0 Å². The van der Waals surface area contributed by atoms with Crippen molar-refractivity contribution in [3.8, 4) is 0 Å². The zero-order valence-electron chi connectivity index (χ0n) is 14.6. The summed E-state index contributed by atoms with van der Waals surface area (Å²) in [7, 11) is 0. The van der Waals surface area contributed by atoms with Crippen molar-refractivity contribution < 1.29 is 0 Å². The predicted octanol–water partition coefficient (Wildman–Crippen LogP) is 5.24. The van der Waals surface area contributed by atoms with Crippen LogP contribution in [0.3, 0.4) is 0 Å². The van der Waals surface area contributed by atoms with Crippen LogP contribution in [0.5, 0.6) is 0 Å². The molecule has 1 heterocycles. The molecule has 4 nitrogen and oxygen atoms in total. The molecule has 4 aliphatic carbocycles. The van der Waals surface area contributed by atoms with Crippen LogP contribution in [0.2, 0.25) is 5.02 Å². The van der Waals surface area contributed by atoms with Crippen molar-refractivity contribution in [2.75, 3.05) is 11.1 Å². The number of rotatable bonds is 4. The molecule has 3 N–H and O–H groups in total. The number of nitrogens with zero attached hydrogens (tertiary/aromatic N) is 2. The summed E-state index contributed by atoms with van der Waals surface area (Å²) in [6.45, 7) is 0. The van der Waals surface area contributed by atoms with Crippen LogP contribution in [-0.4, -0.2) is 15.5 Å². The molecule has 0 radical (unpaired) electrons. The van der Waals surface area contributed by atoms with Gasteiger partial charge in [-0.3, -0.25) is 0 Å². The zero-order chi connectivity index (χ0) is 17.7. The summed E-state index contributed by atoms with van der Waals surface area (Å²) >= 11 is 7.53. The molecule has 4 fully saturated rings. The number of anilines is 2. The summed E-state index contributed by atoms with van der Waals surface area (Å²) in [5.41, 5.74) is 7.31. The molecule has 2 aromatic rings. The molecule has 0 atom stereocenters. The maximum Gasteiger partial charge on any atom is 0.154 e. The van der Waals surface area contributed by atoms with Gasteiger partial charge in [0.1, 0.15) is 17.0 Å². The summed E-state index contributed by atoms with van der Waals surface area (Å²) in [5, 5.41) is 5.31. The van der Waals surface area contributed by atoms with Crippen molar-refractivity contribution in [1.29, 1.82) is 0 Å². The van der Waals surface area contributed by atoms with Crippen molar-refractivity contribution in [1.82, 2.24) is 9.97 Å². The van der Waals surface area contributed by atoms with E-state index in [4.69, 9.17) is 17.3 Å². The van der Waals surface area contributed by atoms with E-state index in [9.17, 15) is 0 Å². The van der Waals surface area contributed by atoms with Gasteiger partial charge in [-0.2, -0.15) is 0 Å². The molecule has 1 aromatic heterocycles. The molecular formula is C20H23ClN4S. The number of nitrogen functional groups attached to an aromatic ring is 1. The Balaban J connectivity index is 1.39. The third-order valence-electron chi connectivity index (χ3n) is 6.30. The lowest BCUT2D eigenvalue weighted by Gasteiger charge is -2.57. The van der Waals surface area contributed by atoms with Crippen LogP contribution in [0.25, 0.3) is 0 Å². The maximum absolute atomic E-state index is 6.46. The standard InChI is InChI=1S/C20H23ClN4S/c21-15-1-3-16(4-2-15)26-19-17(22)18(23-11-24-19)25-20-8-12-5-13(9-20)7-14(6-12)10-20/h1-4,11-14H,5-10,22H2,(H,23,24,25). The number of nitrogens with one attached hydrogen (secondary N) is 1. The number of hydrogen-bond acceptors (Lipinski definition) is 5. The van der Waals surface area contributed by atoms with Crippen molar-refractivity contribution >= 4 is 34.9 Å². The number of hydrogen-bond donors (Lipinski definition) is 2. The molecule has 6 heteroatoms. The molecule has 6 rings (SSSR count). The Morgan fingerprint density at radius 2 is 1.62 bits per heavy atom. The number of aromatic nitrogens is 2. The van der Waals surface area contributed by atoms with Crippen LogP contribution >= 0.6 is 23.4 Å². The Morgan fingerprint density at radius 1 is 1.00 bits per heavy atom. The number of nitrogens with two attached hydrogens (primary N) is 1. The SMILES string of the molecule is Nc1c(NC23CC4CC(CC(C4)C2)C3)ncnc1Sc1ccc(Cl)cc1. The fourth-order valence-electron chi connectivity index (χ4n) is 5.69. The van der Waals surface area contributed by atoms with Crippen LogP contribution < -0.4 is 11.1 Å². The minimum Gasteiger partial charge on any atom is -0.394 e. The molecule has 136 valence electrons. The van der Waals surface area contributed by atoms with Gasteiger partial charge in [-0.05, 0) is 80.5 Å². The monoisotopic (exact) mass is 386 g/mol. The molecule has 0 spiro atoms. The van der Waals surface area contributed by atoms with E-state index in [0.29, 0.717) is 5.69 Å². The average molecular weight is 387 g/mol. The summed E-state index contributed by atoms with van der Waals surface area (Å²) < 4.78 is 0. The van der Waals surface area contributed by atoms with Gasteiger partial charge in [0.25, 0.3) is 0 Å². The van der Waals surface area contributed by atoms with Crippen LogP contribution in [-0.2, 0) is 0 Å². The van der Waals surface area contributed by atoms with Crippen LogP contribution in [0, 0.1) is 17.8 Å². The van der Waals surface area contributed by atoms with E-state index >= 15 is 0 Å². The van der Waals surface area contributed by atoms with Crippen molar-refractivity contribution in [3.05, 3.63) is 35.6 Å². The van der Waals surface area contributed by atoms with Crippen LogP contribution in [0.15, 0.2) is 40.5 Å². The first-order valence-electron chi connectivity index (χ1n) is 9.41. The normalized spacial score (nSPS) is 32.0. The molecule has 0 amide bonds. The molecule has 4 aliphatic rings. The quantitative estimate of drug-likeness (QED) is 0.703. The van der Waals surface area contributed by atoms with Gasteiger partial charge in [-0.1, -0.05) is 23.4 Å². The van der Waals surface area contributed by atoms with E-state index in [1.807, 2.05) is 24.3 Å². The Hall–Kier alpha value is -1.46. The largest absolute Gasteiger partial charge is 0.394 e. The topological polar surface area (TPSA) is 63.8 Å². The van der Waals surface area contributed by atoms with E-state index in [-0.39, 0.29) is 5.54 Å². The Labute approximate surface area is 163 Å². The first kappa shape index (κ1) is 16.7. The molecule has 0 aliphatic heterocycles. The third-order valence-corrected chi connectivity index (χ3v) is 7.58. The fraction of sp³-hybridized carbons (Fsp3) is 0.500. The highest BCUT2D eigenvalue weighted by Crippen LogP contribution is 2.56. The fourth-order valence-corrected chi connectivity index (χ4v) is 6.62. The summed E-state index contributed by atoms with van der Waals surface area (Å²) in [5.74, 6) is 3.47. The van der Waals surface area contributed by atoms with Gasteiger partial charge in [-0.25, -0.2) is 9.97 Å². The number of benzene rings is 1. The van der Waals surface area contributed by atoms with Crippen molar-refractivity contribution in [3.63, 3.8) is 0 Å². The summed E-state index contributed by atoms with van der Waals surface area (Å²) in [6.07, 6.45) is 9.71. The molecule has 1 aromatic carbocycles. The highest BCUT2D eigenvalue weighted by Gasteiger charge is 2.51. The van der Waals surface area contributed by atoms with Gasteiger partial charge in [0.15, 0.2) is 5.82 Å². The Bertz CT molecular complexity index is 788. The van der Waals surface area contributed by atoms with Gasteiger partial charge >= 0.3 is 0 Å². The van der Waals surface area contributed by atoms with Crippen LogP contribution in [0.1, 0.15) is 38.5 Å². The summed E-state index contributed by atoms with van der Waals surface area (Å²) in [4.78, 5) is 9.96. The lowest BCUT2D eigenvalue weighted by Crippen LogP contribution is -2.55. The highest BCUT2D eigenvalue weighted by atomic mass is 35.5. The minimum atomic E-state index is 0.194. The molecule has 26 heavy (non-hydrogen) atoms. The molecular weight excluding hydrogens is 364 g/mol. The van der Waals surface area contributed by atoms with Gasteiger partial charge < -0.3 is 11.1 Å². The minimum absolute atomic E-state index is 0.194. The predicted molar refractivity (Wildman–Crippen MR) is 107 cm³/mol. The molecule has 4 saturated carbocycles. The Kier molecular flexibility index (Phi) is 4.05. The van der Waals surface area contributed by atoms with Crippen LogP contribution in [0.4, 0.5) is 11.5 Å². The lowest BCUT2D eigenvalue weighted by molar-refractivity contribution is 0.0105. The average Bonchev–Trinajstić information content (AvgIpc) is 2.59. The highest BCUT2D eigenvalue weighted by molar-refractivity contribution is 7.99. The molecule has 0 saturated heterocycles. The second-order valence-corrected chi connectivity index (χ2v) is 9.82. The van der Waals surface area contributed by atoms with E-state index < -0.39 is 0 Å². The summed E-state index contributed by atoms with van der Waals surface area (Å²) in [6, 6.07) is 7.74. The van der Waals surface area contributed by atoms with Gasteiger partial charge in [0, 0.05) is 15.5 Å². The van der Waals surface area contributed by atoms with Gasteiger partial charge in [0.2, 0.25) is 0 Å². The van der Waals surface area contributed by atoms with E-state index in [2.05, 4.69) is 15.3 Å². The molecule has 0 unspecified atom stereocenters. The molecule has 4 bridgehead atoms. The van der Waals surface area contributed by atoms with Gasteiger partial charge in [0.05, 0.1) is 0 Å². The van der Waals surface area contributed by atoms with Gasteiger partial charge in [-0.15, -0.1) is 0 Å². The lowest BCUT2D eigenvalue weighted by atomic mass is 9.53. The van der Waals surface area contributed by atoms with E-state index in [0.717, 1.165) is 38.5 Å². The van der Waals surface area contributed by atoms with Crippen molar-refractivity contribution in [2.24, 2.45) is 17.8 Å². The third kappa shape index (κ3) is 3.05. The Morgan fingerprint density at radius 3 is 2.23 bits per heavy atom. The first-order chi connectivity index (χ1) is 12.6. The van der Waals surface area contributed by atoms with E-state index in [1.165, 1.54) is 38.5 Å². The second-order valence-electron chi connectivity index (χ2n) is 8.32. The first-order valence-corrected chi connectivity index (χ1v) is 10.6. The number of halogens is 1. The smallest absolute Gasteiger partial charge is 0.154 e. The second kappa shape index (κ2) is 6.31.